The molecule has 0 aliphatic heterocycles. The summed E-state index contributed by atoms with van der Waals surface area (Å²) < 4.78 is 28.8. The normalized spacial score (nSPS) is 11.5. The zero-order valence-electron chi connectivity index (χ0n) is 38.4. The first-order chi connectivity index (χ1) is 30.6. The van der Waals surface area contributed by atoms with Crippen molar-refractivity contribution in [3.63, 3.8) is 0 Å². The SMILES string of the molecule is COC(=O)CCC(=O)OCC/C(SC(=O)CCC(=O)OC)=C(\C)N(C=O)CCCCCCCCCCCCN(C=O)/C(C)=C(/CCOC(=O)CCC(=O)OC)SC(=O)CCC(=O)OC. The Balaban J connectivity index is 4.96. The van der Waals surface area contributed by atoms with Gasteiger partial charge < -0.3 is 38.2 Å². The summed E-state index contributed by atoms with van der Waals surface area (Å²) in [4.78, 5) is 124. The van der Waals surface area contributed by atoms with Crippen molar-refractivity contribution in [2.45, 2.75) is 142 Å². The fourth-order valence-corrected chi connectivity index (χ4v) is 7.63. The number of unbranched alkanes of at least 4 members (excludes halogenated alkanes) is 9. The van der Waals surface area contributed by atoms with Crippen LogP contribution in [0, 0.1) is 0 Å². The Morgan fingerprint density at radius 1 is 0.391 bits per heavy atom. The van der Waals surface area contributed by atoms with Crippen molar-refractivity contribution in [3.8, 4) is 0 Å². The molecule has 0 fully saturated rings. The molecule has 0 saturated heterocycles. The highest BCUT2D eigenvalue weighted by molar-refractivity contribution is 8.17. The number of nitrogens with zero attached hydrogens (tertiary/aromatic N) is 2. The molecule has 0 aliphatic carbocycles. The highest BCUT2D eigenvalue weighted by Crippen LogP contribution is 2.29. The number of rotatable bonds is 37. The van der Waals surface area contributed by atoms with Gasteiger partial charge in [-0.05, 0) is 26.7 Å². The second kappa shape index (κ2) is 37.6. The topological polar surface area (TPSA) is 233 Å². The second-order valence-electron chi connectivity index (χ2n) is 14.3. The van der Waals surface area contributed by atoms with Crippen molar-refractivity contribution in [2.24, 2.45) is 0 Å². The van der Waals surface area contributed by atoms with E-state index in [0.29, 0.717) is 47.1 Å². The highest BCUT2D eigenvalue weighted by atomic mass is 32.2. The number of allylic oxidation sites excluding steroid dienone is 2. The zero-order chi connectivity index (χ0) is 48.1. The molecular formula is C44H68N2O16S2. The summed E-state index contributed by atoms with van der Waals surface area (Å²) in [6.45, 7) is 4.16. The molecule has 362 valence electrons. The monoisotopic (exact) mass is 944 g/mol. The molecule has 0 saturated carbocycles. The number of thioether (sulfide) groups is 2. The smallest absolute Gasteiger partial charge is 0.306 e. The van der Waals surface area contributed by atoms with Gasteiger partial charge in [0.2, 0.25) is 12.8 Å². The Morgan fingerprint density at radius 2 is 0.656 bits per heavy atom. The minimum Gasteiger partial charge on any atom is -0.469 e. The van der Waals surface area contributed by atoms with Crippen molar-refractivity contribution in [1.82, 2.24) is 9.80 Å². The summed E-state index contributed by atoms with van der Waals surface area (Å²) >= 11 is 1.79. The fraction of sp³-hybridized carbons (Fsp3) is 0.682. The van der Waals surface area contributed by atoms with E-state index >= 15 is 0 Å². The van der Waals surface area contributed by atoms with Crippen LogP contribution in [0.3, 0.4) is 0 Å². The predicted octanol–water partition coefficient (Wildman–Crippen LogP) is 6.47. The molecule has 0 bridgehead atoms. The number of hydrogen-bond donors (Lipinski definition) is 0. The third-order valence-corrected chi connectivity index (χ3v) is 12.0. The average Bonchev–Trinajstić information content (AvgIpc) is 3.29. The fourth-order valence-electron chi connectivity index (χ4n) is 5.77. The molecule has 2 amide bonds. The van der Waals surface area contributed by atoms with Crippen LogP contribution in [0.1, 0.15) is 142 Å². The van der Waals surface area contributed by atoms with E-state index in [4.69, 9.17) is 9.47 Å². The molecule has 0 radical (unpaired) electrons. The van der Waals surface area contributed by atoms with Crippen LogP contribution >= 0.6 is 23.5 Å². The summed E-state index contributed by atoms with van der Waals surface area (Å²) in [6.07, 6.45) is 10.2. The van der Waals surface area contributed by atoms with E-state index in [1.165, 1.54) is 38.2 Å². The van der Waals surface area contributed by atoms with E-state index in [2.05, 4.69) is 18.9 Å². The van der Waals surface area contributed by atoms with Gasteiger partial charge >= 0.3 is 35.8 Å². The molecule has 0 atom stereocenters. The third kappa shape index (κ3) is 29.6. The molecule has 0 N–H and O–H groups in total. The lowest BCUT2D eigenvalue weighted by Crippen LogP contribution is -2.23. The molecule has 0 rings (SSSR count). The maximum absolute atomic E-state index is 12.7. The molecule has 0 aromatic carbocycles. The Kier molecular flexibility index (Phi) is 34.9. The number of amides is 2. The molecule has 0 aliphatic rings. The van der Waals surface area contributed by atoms with E-state index in [1.54, 1.807) is 13.8 Å². The van der Waals surface area contributed by atoms with Crippen molar-refractivity contribution in [3.05, 3.63) is 21.2 Å². The lowest BCUT2D eigenvalue weighted by molar-refractivity contribution is -0.148. The summed E-state index contributed by atoms with van der Waals surface area (Å²) in [6, 6.07) is 0. The molecule has 18 nitrogen and oxygen atoms in total. The van der Waals surface area contributed by atoms with Gasteiger partial charge in [0.15, 0.2) is 10.2 Å². The van der Waals surface area contributed by atoms with Crippen LogP contribution in [0.5, 0.6) is 0 Å². The van der Waals surface area contributed by atoms with Gasteiger partial charge in [0.05, 0.1) is 80.2 Å². The molecule has 0 unspecified atom stereocenters. The third-order valence-electron chi connectivity index (χ3n) is 9.67. The van der Waals surface area contributed by atoms with Gasteiger partial charge in [-0.25, -0.2) is 0 Å². The van der Waals surface area contributed by atoms with Crippen molar-refractivity contribution < 1.29 is 76.4 Å². The molecule has 0 aromatic heterocycles. The van der Waals surface area contributed by atoms with Gasteiger partial charge in [0, 0.05) is 60.0 Å². The number of esters is 6. The van der Waals surface area contributed by atoms with Gasteiger partial charge in [0.25, 0.3) is 0 Å². The van der Waals surface area contributed by atoms with Crippen LogP contribution in [-0.4, -0.2) is 123 Å². The van der Waals surface area contributed by atoms with E-state index in [9.17, 15) is 47.9 Å². The second-order valence-corrected chi connectivity index (χ2v) is 16.6. The lowest BCUT2D eigenvalue weighted by Gasteiger charge is -2.22. The van der Waals surface area contributed by atoms with Crippen LogP contribution in [0.25, 0.3) is 0 Å². The summed E-state index contributed by atoms with van der Waals surface area (Å²) in [5.41, 5.74) is 1.10. The number of ether oxygens (including phenoxy) is 6. The van der Waals surface area contributed by atoms with Crippen LogP contribution in [-0.2, 0) is 76.4 Å². The number of methoxy groups -OCH3 is 4. The van der Waals surface area contributed by atoms with Crippen molar-refractivity contribution >= 4 is 82.4 Å². The Hall–Kier alpha value is -4.72. The van der Waals surface area contributed by atoms with Crippen LogP contribution in [0.4, 0.5) is 0 Å². The van der Waals surface area contributed by atoms with Gasteiger partial charge in [-0.3, -0.25) is 47.9 Å². The molecule has 0 heterocycles. The maximum Gasteiger partial charge on any atom is 0.306 e. The first kappa shape index (κ1) is 59.3. The average molecular weight is 945 g/mol. The largest absolute Gasteiger partial charge is 0.469 e. The first-order valence-corrected chi connectivity index (χ1v) is 23.1. The predicted molar refractivity (Wildman–Crippen MR) is 238 cm³/mol. The maximum atomic E-state index is 12.7. The Labute approximate surface area is 385 Å². The Morgan fingerprint density at radius 3 is 0.938 bits per heavy atom. The van der Waals surface area contributed by atoms with Gasteiger partial charge in [-0.1, -0.05) is 74.9 Å². The van der Waals surface area contributed by atoms with Gasteiger partial charge in [-0.15, -0.1) is 0 Å². The van der Waals surface area contributed by atoms with Crippen molar-refractivity contribution in [2.75, 3.05) is 54.7 Å². The lowest BCUT2D eigenvalue weighted by atomic mass is 10.1. The van der Waals surface area contributed by atoms with Crippen LogP contribution in [0.2, 0.25) is 0 Å². The minimum absolute atomic E-state index is 0.0661. The van der Waals surface area contributed by atoms with Crippen LogP contribution < -0.4 is 0 Å². The van der Waals surface area contributed by atoms with E-state index in [1.807, 2.05) is 0 Å². The quantitative estimate of drug-likeness (QED) is 0.0281. The van der Waals surface area contributed by atoms with Crippen LogP contribution in [0.15, 0.2) is 21.2 Å². The number of carbonyl (C=O) groups is 10. The van der Waals surface area contributed by atoms with Crippen molar-refractivity contribution in [1.29, 1.82) is 0 Å². The summed E-state index contributed by atoms with van der Waals surface area (Å²) in [5, 5.41) is -0.599. The summed E-state index contributed by atoms with van der Waals surface area (Å²) in [7, 11) is 4.92. The van der Waals surface area contributed by atoms with E-state index in [0.717, 1.165) is 87.7 Å². The summed E-state index contributed by atoms with van der Waals surface area (Å²) in [5.74, 6) is -3.31. The number of hydrogen-bond acceptors (Lipinski definition) is 18. The molecule has 20 heteroatoms. The molecular weight excluding hydrogens is 877 g/mol. The standard InChI is InChI=1S/C44H68N2O16S2/c1-33(35(63-43(55)23-21-39(51)59-5)25-29-61-41(53)19-17-37(49)57-3)45(31-47)27-15-13-11-9-7-8-10-12-14-16-28-46(32-48)34(2)36(64-44(56)24-22-40(52)60-6)26-30-62-42(54)20-18-38(50)58-4/h31-32H,7-30H2,1-6H3/b35-33-,36-34-. The number of carbonyl (C=O) groups excluding carboxylic acids is 10. The molecule has 0 spiro atoms. The van der Waals surface area contributed by atoms with Gasteiger partial charge in [0.1, 0.15) is 0 Å². The van der Waals surface area contributed by atoms with Gasteiger partial charge in [-0.2, -0.15) is 0 Å². The van der Waals surface area contributed by atoms with E-state index in [-0.39, 0.29) is 87.7 Å². The molecule has 0 aromatic rings. The van der Waals surface area contributed by atoms with E-state index < -0.39 is 35.8 Å². The highest BCUT2D eigenvalue weighted by Gasteiger charge is 2.19. The first-order valence-electron chi connectivity index (χ1n) is 21.5. The minimum atomic E-state index is -0.596. The zero-order valence-corrected chi connectivity index (χ0v) is 40.0. The molecule has 64 heavy (non-hydrogen) atoms. The Bertz CT molecular complexity index is 1470.